The summed E-state index contributed by atoms with van der Waals surface area (Å²) in [6, 6.07) is 4.51. The van der Waals surface area contributed by atoms with E-state index in [-0.39, 0.29) is 25.3 Å². The minimum absolute atomic E-state index is 0.0528. The Morgan fingerprint density at radius 3 is 2.59 bits per heavy atom. The Kier molecular flexibility index (Phi) is 4.88. The number of nitrogens with one attached hydrogen (secondary N) is 1. The normalized spacial score (nSPS) is 9.47. The number of rotatable bonds is 5. The summed E-state index contributed by atoms with van der Waals surface area (Å²) in [6.45, 7) is 0.235. The molecule has 90 valence electrons. The van der Waals surface area contributed by atoms with Crippen molar-refractivity contribution >= 4 is 5.91 Å². The summed E-state index contributed by atoms with van der Waals surface area (Å²) in [5.74, 6) is -1.82. The molecule has 0 aromatic heterocycles. The molecule has 0 atom stereocenters. The number of ether oxygens (including phenoxy) is 1. The van der Waals surface area contributed by atoms with Gasteiger partial charge in [-0.2, -0.15) is 5.26 Å². The third-order valence-corrected chi connectivity index (χ3v) is 1.77. The SMILES string of the molecule is N#CCC(=O)NCCOc1cc(F)cc(F)c1. The lowest BCUT2D eigenvalue weighted by Gasteiger charge is -2.06. The molecule has 0 heterocycles. The van der Waals surface area contributed by atoms with Gasteiger partial charge in [-0.05, 0) is 0 Å². The predicted molar refractivity (Wildman–Crippen MR) is 55.1 cm³/mol. The van der Waals surface area contributed by atoms with Crippen LogP contribution in [-0.4, -0.2) is 19.1 Å². The van der Waals surface area contributed by atoms with Crippen molar-refractivity contribution in [1.29, 1.82) is 5.26 Å². The Hall–Kier alpha value is -2.16. The van der Waals surface area contributed by atoms with Crippen LogP contribution in [0.5, 0.6) is 5.75 Å². The molecule has 4 nitrogen and oxygen atoms in total. The van der Waals surface area contributed by atoms with E-state index in [1.54, 1.807) is 6.07 Å². The third-order valence-electron chi connectivity index (χ3n) is 1.77. The minimum atomic E-state index is -0.728. The summed E-state index contributed by atoms with van der Waals surface area (Å²) < 4.78 is 30.5. The molecule has 1 aromatic rings. The van der Waals surface area contributed by atoms with Gasteiger partial charge in [-0.1, -0.05) is 0 Å². The lowest BCUT2D eigenvalue weighted by Crippen LogP contribution is -2.27. The van der Waals surface area contributed by atoms with Gasteiger partial charge in [0.15, 0.2) is 0 Å². The molecule has 0 aliphatic heterocycles. The van der Waals surface area contributed by atoms with Gasteiger partial charge in [-0.15, -0.1) is 0 Å². The molecule has 1 aromatic carbocycles. The minimum Gasteiger partial charge on any atom is -0.492 e. The molecule has 0 saturated heterocycles. The fraction of sp³-hybridized carbons (Fsp3) is 0.273. The van der Waals surface area contributed by atoms with Crippen molar-refractivity contribution in [3.05, 3.63) is 29.8 Å². The Labute approximate surface area is 96.8 Å². The average Bonchev–Trinajstić information content (AvgIpc) is 2.23. The number of benzene rings is 1. The molecule has 0 aliphatic rings. The fourth-order valence-corrected chi connectivity index (χ4v) is 1.11. The predicted octanol–water partition coefficient (Wildman–Crippen LogP) is 1.37. The van der Waals surface area contributed by atoms with Crippen LogP contribution in [0.15, 0.2) is 18.2 Å². The largest absolute Gasteiger partial charge is 0.492 e. The molecule has 0 aliphatic carbocycles. The number of hydrogen-bond donors (Lipinski definition) is 1. The number of nitrogens with zero attached hydrogens (tertiary/aromatic N) is 1. The zero-order valence-electron chi connectivity index (χ0n) is 8.87. The number of halogens is 2. The van der Waals surface area contributed by atoms with Crippen molar-refractivity contribution in [2.45, 2.75) is 6.42 Å². The van der Waals surface area contributed by atoms with E-state index in [1.807, 2.05) is 0 Å². The maximum atomic E-state index is 12.7. The number of amides is 1. The van der Waals surface area contributed by atoms with Gasteiger partial charge >= 0.3 is 0 Å². The fourth-order valence-electron chi connectivity index (χ4n) is 1.11. The number of carbonyl (C=O) groups excluding carboxylic acids is 1. The summed E-state index contributed by atoms with van der Waals surface area (Å²) in [6.07, 6.45) is -0.228. The topological polar surface area (TPSA) is 62.1 Å². The molecule has 0 fully saturated rings. The van der Waals surface area contributed by atoms with Gasteiger partial charge in [0.25, 0.3) is 0 Å². The second-order valence-corrected chi connectivity index (χ2v) is 3.14. The highest BCUT2D eigenvalue weighted by Gasteiger charge is 2.02. The summed E-state index contributed by atoms with van der Waals surface area (Å²) in [4.78, 5) is 10.9. The Bertz CT molecular complexity index is 423. The van der Waals surface area contributed by atoms with E-state index in [4.69, 9.17) is 10.00 Å². The van der Waals surface area contributed by atoms with Gasteiger partial charge in [-0.3, -0.25) is 4.79 Å². The first-order valence-electron chi connectivity index (χ1n) is 4.84. The van der Waals surface area contributed by atoms with Gasteiger partial charge in [0.05, 0.1) is 12.6 Å². The van der Waals surface area contributed by atoms with Crippen LogP contribution < -0.4 is 10.1 Å². The van der Waals surface area contributed by atoms with Crippen molar-refractivity contribution in [3.8, 4) is 11.8 Å². The first kappa shape index (κ1) is 12.9. The third kappa shape index (κ3) is 4.93. The van der Waals surface area contributed by atoms with Crippen molar-refractivity contribution < 1.29 is 18.3 Å². The number of nitriles is 1. The second kappa shape index (κ2) is 6.43. The molecule has 6 heteroatoms. The first-order valence-corrected chi connectivity index (χ1v) is 4.84. The van der Waals surface area contributed by atoms with Crippen LogP contribution in [0.1, 0.15) is 6.42 Å². The van der Waals surface area contributed by atoms with E-state index < -0.39 is 17.5 Å². The van der Waals surface area contributed by atoms with Crippen molar-refractivity contribution in [3.63, 3.8) is 0 Å². The highest BCUT2D eigenvalue weighted by Crippen LogP contribution is 2.14. The van der Waals surface area contributed by atoms with Crippen LogP contribution in [0.25, 0.3) is 0 Å². The average molecular weight is 240 g/mol. The van der Waals surface area contributed by atoms with Crippen LogP contribution in [0.3, 0.4) is 0 Å². The number of hydrogen-bond acceptors (Lipinski definition) is 3. The Morgan fingerprint density at radius 2 is 2.00 bits per heavy atom. The maximum absolute atomic E-state index is 12.7. The molecule has 17 heavy (non-hydrogen) atoms. The lowest BCUT2D eigenvalue weighted by molar-refractivity contribution is -0.120. The van der Waals surface area contributed by atoms with E-state index >= 15 is 0 Å². The van der Waals surface area contributed by atoms with Gasteiger partial charge < -0.3 is 10.1 Å². The second-order valence-electron chi connectivity index (χ2n) is 3.14. The molecular formula is C11H10F2N2O2. The lowest BCUT2D eigenvalue weighted by atomic mass is 10.3. The van der Waals surface area contributed by atoms with Crippen LogP contribution in [-0.2, 0) is 4.79 Å². The summed E-state index contributed by atoms with van der Waals surface area (Å²) in [5, 5.41) is 10.6. The van der Waals surface area contributed by atoms with Gasteiger partial charge in [0, 0.05) is 18.2 Å². The summed E-state index contributed by atoms with van der Waals surface area (Å²) in [5.41, 5.74) is 0. The Morgan fingerprint density at radius 1 is 1.35 bits per heavy atom. The molecular weight excluding hydrogens is 230 g/mol. The van der Waals surface area contributed by atoms with Gasteiger partial charge in [0.1, 0.15) is 30.4 Å². The zero-order valence-corrected chi connectivity index (χ0v) is 8.87. The standard InChI is InChI=1S/C11H10F2N2O2/c12-8-5-9(13)7-10(6-8)17-4-3-15-11(16)1-2-14/h5-7H,1,3-4H2,(H,15,16). The quantitative estimate of drug-likeness (QED) is 0.791. The maximum Gasteiger partial charge on any atom is 0.234 e. The van der Waals surface area contributed by atoms with Crippen molar-refractivity contribution in [2.75, 3.05) is 13.2 Å². The molecule has 1 rings (SSSR count). The Balaban J connectivity index is 2.31. The highest BCUT2D eigenvalue weighted by molar-refractivity contribution is 5.77. The molecule has 1 amide bonds. The monoisotopic (exact) mass is 240 g/mol. The van der Waals surface area contributed by atoms with Gasteiger partial charge in [-0.25, -0.2) is 8.78 Å². The van der Waals surface area contributed by atoms with Gasteiger partial charge in [0.2, 0.25) is 5.91 Å². The molecule has 1 N–H and O–H groups in total. The zero-order chi connectivity index (χ0) is 12.7. The van der Waals surface area contributed by atoms with Crippen LogP contribution >= 0.6 is 0 Å². The van der Waals surface area contributed by atoms with Crippen LogP contribution in [0.2, 0.25) is 0 Å². The first-order chi connectivity index (χ1) is 8.11. The van der Waals surface area contributed by atoms with E-state index in [9.17, 15) is 13.6 Å². The number of carbonyl (C=O) groups is 1. The van der Waals surface area contributed by atoms with Crippen molar-refractivity contribution in [2.24, 2.45) is 0 Å². The smallest absolute Gasteiger partial charge is 0.234 e. The summed E-state index contributed by atoms with van der Waals surface area (Å²) >= 11 is 0. The molecule has 0 saturated carbocycles. The van der Waals surface area contributed by atoms with Crippen LogP contribution in [0.4, 0.5) is 8.78 Å². The van der Waals surface area contributed by atoms with E-state index in [0.29, 0.717) is 0 Å². The molecule has 0 bridgehead atoms. The van der Waals surface area contributed by atoms with Crippen molar-refractivity contribution in [1.82, 2.24) is 5.32 Å². The van der Waals surface area contributed by atoms with E-state index in [2.05, 4.69) is 5.32 Å². The van der Waals surface area contributed by atoms with Crippen LogP contribution in [0, 0.1) is 23.0 Å². The molecule has 0 spiro atoms. The van der Waals surface area contributed by atoms with E-state index in [1.165, 1.54) is 0 Å². The molecule has 0 radical (unpaired) electrons. The summed E-state index contributed by atoms with van der Waals surface area (Å²) in [7, 11) is 0. The highest BCUT2D eigenvalue weighted by atomic mass is 19.1. The van der Waals surface area contributed by atoms with E-state index in [0.717, 1.165) is 18.2 Å². The molecule has 0 unspecified atom stereocenters.